The molecule has 0 bridgehead atoms. The molecule has 8 nitrogen and oxygen atoms in total. The maximum absolute atomic E-state index is 13.0. The third-order valence-electron chi connectivity index (χ3n) is 3.88. The van der Waals surface area contributed by atoms with Crippen molar-refractivity contribution in [3.63, 3.8) is 0 Å². The average Bonchev–Trinajstić information content (AvgIpc) is 2.73. The molecule has 30 heavy (non-hydrogen) atoms. The van der Waals surface area contributed by atoms with Crippen molar-refractivity contribution in [3.05, 3.63) is 90.2 Å². The Kier molecular flexibility index (Phi) is 6.15. The summed E-state index contributed by atoms with van der Waals surface area (Å²) in [4.78, 5) is 14.0. The minimum absolute atomic E-state index is 0.0177. The molecule has 0 fully saturated rings. The predicted molar refractivity (Wildman–Crippen MR) is 108 cm³/mol. The van der Waals surface area contributed by atoms with Crippen LogP contribution in [0.5, 0.6) is 0 Å². The molecule has 0 spiro atoms. The molecule has 3 aromatic rings. The van der Waals surface area contributed by atoms with Crippen molar-refractivity contribution in [1.29, 1.82) is 0 Å². The van der Waals surface area contributed by atoms with Crippen molar-refractivity contribution in [2.45, 2.75) is 9.79 Å². The van der Waals surface area contributed by atoms with Crippen LogP contribution in [0.4, 0.5) is 10.1 Å². The molecule has 11 heteroatoms. The Bertz CT molecular complexity index is 1250. The molecular formula is C19H16FN3O5S2. The number of benzene rings is 3. The van der Waals surface area contributed by atoms with Gasteiger partial charge in [0.25, 0.3) is 26.0 Å². The Morgan fingerprint density at radius 2 is 1.27 bits per heavy atom. The van der Waals surface area contributed by atoms with Crippen LogP contribution in [0.25, 0.3) is 0 Å². The minimum atomic E-state index is -3.93. The van der Waals surface area contributed by atoms with Crippen LogP contribution in [0, 0.1) is 5.82 Å². The van der Waals surface area contributed by atoms with E-state index < -0.39 is 31.8 Å². The van der Waals surface area contributed by atoms with Gasteiger partial charge in [-0.3, -0.25) is 14.9 Å². The number of anilines is 1. The van der Waals surface area contributed by atoms with Gasteiger partial charge in [0, 0.05) is 11.3 Å². The summed E-state index contributed by atoms with van der Waals surface area (Å²) in [5.41, 5.74) is 2.35. The number of nitrogens with one attached hydrogen (secondary N) is 3. The topological polar surface area (TPSA) is 121 Å². The molecule has 3 N–H and O–H groups in total. The van der Waals surface area contributed by atoms with Crippen LogP contribution in [0.3, 0.4) is 0 Å². The van der Waals surface area contributed by atoms with Gasteiger partial charge < -0.3 is 0 Å². The molecule has 0 saturated heterocycles. The third-order valence-corrected chi connectivity index (χ3v) is 6.54. The molecule has 0 atom stereocenters. The first-order valence-electron chi connectivity index (χ1n) is 8.43. The molecule has 0 aliphatic rings. The van der Waals surface area contributed by atoms with Crippen molar-refractivity contribution >= 4 is 31.6 Å². The number of amides is 1. The lowest BCUT2D eigenvalue weighted by Gasteiger charge is -2.10. The molecule has 0 aliphatic heterocycles. The second kappa shape index (κ2) is 8.61. The van der Waals surface area contributed by atoms with E-state index in [-0.39, 0.29) is 21.0 Å². The fourth-order valence-electron chi connectivity index (χ4n) is 2.36. The highest BCUT2D eigenvalue weighted by Gasteiger charge is 2.16. The fourth-order valence-corrected chi connectivity index (χ4v) is 4.28. The van der Waals surface area contributed by atoms with Gasteiger partial charge in [-0.05, 0) is 60.7 Å². The van der Waals surface area contributed by atoms with Crippen LogP contribution >= 0.6 is 0 Å². The van der Waals surface area contributed by atoms with E-state index in [1.807, 2.05) is 4.83 Å². The number of carbonyl (C=O) groups excluding carboxylic acids is 1. The Morgan fingerprint density at radius 3 is 1.87 bits per heavy atom. The zero-order valence-electron chi connectivity index (χ0n) is 15.2. The van der Waals surface area contributed by atoms with E-state index in [0.29, 0.717) is 0 Å². The van der Waals surface area contributed by atoms with Crippen molar-refractivity contribution < 1.29 is 26.0 Å². The smallest absolute Gasteiger partial charge is 0.266 e. The lowest BCUT2D eigenvalue weighted by Crippen LogP contribution is -2.41. The Labute approximate surface area is 172 Å². The summed E-state index contributed by atoms with van der Waals surface area (Å²) in [5, 5.41) is 0. The van der Waals surface area contributed by atoms with Crippen molar-refractivity contribution in [2.75, 3.05) is 4.72 Å². The van der Waals surface area contributed by atoms with Crippen LogP contribution < -0.4 is 15.0 Å². The van der Waals surface area contributed by atoms with E-state index in [1.165, 1.54) is 36.4 Å². The fraction of sp³-hybridized carbons (Fsp3) is 0. The van der Waals surface area contributed by atoms with E-state index in [2.05, 4.69) is 10.1 Å². The van der Waals surface area contributed by atoms with E-state index in [9.17, 15) is 26.0 Å². The van der Waals surface area contributed by atoms with Crippen LogP contribution in [-0.2, 0) is 20.0 Å². The number of hydrazine groups is 1. The molecule has 0 radical (unpaired) electrons. The number of halogens is 1. The van der Waals surface area contributed by atoms with Crippen LogP contribution in [-0.4, -0.2) is 22.7 Å². The SMILES string of the molecule is O=C(NNS(=O)(=O)c1ccccc1)c1ccc(NS(=O)(=O)c2ccc(F)cc2)cc1. The molecule has 0 saturated carbocycles. The average molecular weight is 449 g/mol. The van der Waals surface area contributed by atoms with Crippen molar-refractivity contribution in [2.24, 2.45) is 0 Å². The first kappa shape index (κ1) is 21.4. The summed E-state index contributed by atoms with van der Waals surface area (Å²) in [6.07, 6.45) is 0. The minimum Gasteiger partial charge on any atom is -0.280 e. The Morgan fingerprint density at radius 1 is 0.700 bits per heavy atom. The van der Waals surface area contributed by atoms with Gasteiger partial charge in [0.15, 0.2) is 0 Å². The molecule has 156 valence electrons. The van der Waals surface area contributed by atoms with Gasteiger partial charge in [0.2, 0.25) is 0 Å². The van der Waals surface area contributed by atoms with Crippen LogP contribution in [0.1, 0.15) is 10.4 Å². The highest BCUT2D eigenvalue weighted by Crippen LogP contribution is 2.17. The predicted octanol–water partition coefficient (Wildman–Crippen LogP) is 2.25. The zero-order chi connectivity index (χ0) is 21.8. The monoisotopic (exact) mass is 449 g/mol. The first-order valence-corrected chi connectivity index (χ1v) is 11.4. The van der Waals surface area contributed by atoms with E-state index >= 15 is 0 Å². The normalized spacial score (nSPS) is 11.6. The van der Waals surface area contributed by atoms with Crippen molar-refractivity contribution in [3.8, 4) is 0 Å². The van der Waals surface area contributed by atoms with Crippen molar-refractivity contribution in [1.82, 2.24) is 10.3 Å². The summed E-state index contributed by atoms with van der Waals surface area (Å²) in [7, 11) is -7.86. The van der Waals surface area contributed by atoms with E-state index in [1.54, 1.807) is 18.2 Å². The maximum Gasteiger partial charge on any atom is 0.266 e. The number of sulfonamides is 2. The Hall–Kier alpha value is -3.28. The van der Waals surface area contributed by atoms with Crippen LogP contribution in [0.15, 0.2) is 88.7 Å². The second-order valence-electron chi connectivity index (χ2n) is 6.01. The molecule has 0 aromatic heterocycles. The molecule has 0 heterocycles. The van der Waals surface area contributed by atoms with Gasteiger partial charge in [-0.25, -0.2) is 21.2 Å². The number of rotatable bonds is 7. The summed E-state index contributed by atoms with van der Waals surface area (Å²) < 4.78 is 64.1. The third kappa shape index (κ3) is 5.20. The van der Waals surface area contributed by atoms with Gasteiger partial charge in [-0.2, -0.15) is 0 Å². The molecule has 3 aromatic carbocycles. The van der Waals surface area contributed by atoms with E-state index in [0.717, 1.165) is 24.3 Å². The molecular weight excluding hydrogens is 433 g/mol. The molecule has 0 aliphatic carbocycles. The van der Waals surface area contributed by atoms with Gasteiger partial charge in [-0.15, -0.1) is 4.83 Å². The zero-order valence-corrected chi connectivity index (χ0v) is 16.9. The van der Waals surface area contributed by atoms with E-state index in [4.69, 9.17) is 0 Å². The number of carbonyl (C=O) groups is 1. The quantitative estimate of drug-likeness (QED) is 0.478. The second-order valence-corrected chi connectivity index (χ2v) is 9.37. The van der Waals surface area contributed by atoms with Gasteiger partial charge in [-0.1, -0.05) is 18.2 Å². The molecule has 1 amide bonds. The largest absolute Gasteiger partial charge is 0.280 e. The first-order chi connectivity index (χ1) is 14.2. The number of hydrogen-bond acceptors (Lipinski definition) is 5. The highest BCUT2D eigenvalue weighted by molar-refractivity contribution is 7.92. The summed E-state index contributed by atoms with van der Waals surface area (Å²) in [6.45, 7) is 0. The number of hydrogen-bond donors (Lipinski definition) is 3. The standard InChI is InChI=1S/C19H16FN3O5S2/c20-15-8-12-18(13-9-15)29(25,26)22-16-10-6-14(7-11-16)19(24)21-23-30(27,28)17-4-2-1-3-5-17/h1-13,22-23H,(H,21,24). The Balaban J connectivity index is 1.65. The highest BCUT2D eigenvalue weighted by atomic mass is 32.2. The van der Waals surface area contributed by atoms with Gasteiger partial charge in [0.1, 0.15) is 5.82 Å². The van der Waals surface area contributed by atoms with Gasteiger partial charge >= 0.3 is 0 Å². The summed E-state index contributed by atoms with van der Waals surface area (Å²) >= 11 is 0. The van der Waals surface area contributed by atoms with Crippen LogP contribution in [0.2, 0.25) is 0 Å². The lowest BCUT2D eigenvalue weighted by atomic mass is 10.2. The summed E-state index contributed by atoms with van der Waals surface area (Å²) in [6, 6.07) is 17.1. The van der Waals surface area contributed by atoms with Gasteiger partial charge in [0.05, 0.1) is 9.79 Å². The maximum atomic E-state index is 13.0. The molecule has 3 rings (SSSR count). The lowest BCUT2D eigenvalue weighted by molar-refractivity contribution is 0.0945. The summed E-state index contributed by atoms with van der Waals surface area (Å²) in [5.74, 6) is -1.30. The molecule has 0 unspecified atom stereocenters.